The molecule has 0 aromatic carbocycles. The van der Waals surface area contributed by atoms with E-state index in [1.54, 1.807) is 0 Å². The van der Waals surface area contributed by atoms with Crippen molar-refractivity contribution in [2.24, 2.45) is 7.05 Å². The van der Waals surface area contributed by atoms with E-state index in [9.17, 15) is 0 Å². The molecular formula is C15H27N3. The highest BCUT2D eigenvalue weighted by molar-refractivity contribution is 5.33. The lowest BCUT2D eigenvalue weighted by atomic mass is 9.84. The molecule has 1 aromatic rings. The van der Waals surface area contributed by atoms with Crippen LogP contribution in [-0.4, -0.2) is 42.2 Å². The van der Waals surface area contributed by atoms with Gasteiger partial charge < -0.3 is 9.88 Å². The summed E-state index contributed by atoms with van der Waals surface area (Å²) in [5.74, 6) is 0. The molecule has 0 atom stereocenters. The molecule has 1 N–H and O–H groups in total. The number of aryl methyl sites for hydroxylation is 1. The lowest BCUT2D eigenvalue weighted by Gasteiger charge is -2.35. The number of hydrogen-bond donors (Lipinski definition) is 1. The smallest absolute Gasteiger partial charge is 0.0181 e. The topological polar surface area (TPSA) is 20.2 Å². The lowest BCUT2D eigenvalue weighted by Crippen LogP contribution is -2.48. The van der Waals surface area contributed by atoms with Crippen molar-refractivity contribution in [2.45, 2.75) is 33.1 Å². The third-order valence-corrected chi connectivity index (χ3v) is 4.33. The van der Waals surface area contributed by atoms with E-state index < -0.39 is 0 Å². The number of nitrogens with one attached hydrogen (secondary N) is 1. The van der Waals surface area contributed by atoms with Crippen LogP contribution in [0.25, 0.3) is 0 Å². The molecule has 18 heavy (non-hydrogen) atoms. The Kier molecular flexibility index (Phi) is 3.83. The van der Waals surface area contributed by atoms with E-state index in [-0.39, 0.29) is 5.41 Å². The Morgan fingerprint density at radius 2 is 1.83 bits per heavy atom. The first kappa shape index (κ1) is 13.6. The van der Waals surface area contributed by atoms with E-state index in [1.165, 1.54) is 30.0 Å². The summed E-state index contributed by atoms with van der Waals surface area (Å²) in [5, 5.41) is 3.42. The number of aromatic nitrogens is 1. The van der Waals surface area contributed by atoms with Crippen molar-refractivity contribution in [3.8, 4) is 0 Å². The molecule has 0 amide bonds. The first-order valence-corrected chi connectivity index (χ1v) is 6.98. The fourth-order valence-corrected chi connectivity index (χ4v) is 3.05. The first-order chi connectivity index (χ1) is 8.42. The monoisotopic (exact) mass is 249 g/mol. The summed E-state index contributed by atoms with van der Waals surface area (Å²) in [4.78, 5) is 2.58. The van der Waals surface area contributed by atoms with Gasteiger partial charge in [0.15, 0.2) is 0 Å². The summed E-state index contributed by atoms with van der Waals surface area (Å²) >= 11 is 0. The molecule has 0 aliphatic carbocycles. The van der Waals surface area contributed by atoms with Crippen LogP contribution in [0.1, 0.15) is 30.8 Å². The van der Waals surface area contributed by atoms with Gasteiger partial charge in [0.05, 0.1) is 0 Å². The minimum Gasteiger partial charge on any atom is -0.352 e. The van der Waals surface area contributed by atoms with E-state index in [0.717, 1.165) is 19.6 Å². The van der Waals surface area contributed by atoms with Gasteiger partial charge in [0.2, 0.25) is 0 Å². The summed E-state index contributed by atoms with van der Waals surface area (Å²) in [5.41, 5.74) is 4.50. The van der Waals surface area contributed by atoms with Crippen LogP contribution < -0.4 is 5.32 Å². The Morgan fingerprint density at radius 1 is 1.22 bits per heavy atom. The molecule has 0 bridgehead atoms. The Morgan fingerprint density at radius 3 is 2.33 bits per heavy atom. The van der Waals surface area contributed by atoms with E-state index in [4.69, 9.17) is 0 Å². The molecule has 0 radical (unpaired) electrons. The summed E-state index contributed by atoms with van der Waals surface area (Å²) < 4.78 is 2.30. The summed E-state index contributed by atoms with van der Waals surface area (Å²) in [6, 6.07) is 2.36. The number of nitrogens with zero attached hydrogens (tertiary/aromatic N) is 2. The predicted octanol–water partition coefficient (Wildman–Crippen LogP) is 1.82. The van der Waals surface area contributed by atoms with Gasteiger partial charge in [0.25, 0.3) is 0 Å². The molecule has 102 valence electrons. The van der Waals surface area contributed by atoms with Gasteiger partial charge in [-0.25, -0.2) is 0 Å². The van der Waals surface area contributed by atoms with E-state index in [1.807, 2.05) is 0 Å². The maximum Gasteiger partial charge on any atom is 0.0181 e. The van der Waals surface area contributed by atoms with Gasteiger partial charge in [0, 0.05) is 56.6 Å². The van der Waals surface area contributed by atoms with Crippen molar-refractivity contribution in [3.05, 3.63) is 23.0 Å². The second-order valence-electron chi connectivity index (χ2n) is 6.25. The zero-order chi connectivity index (χ0) is 13.3. The van der Waals surface area contributed by atoms with Crippen LogP contribution in [0.15, 0.2) is 6.07 Å². The quantitative estimate of drug-likeness (QED) is 0.882. The average Bonchev–Trinajstić information content (AvgIpc) is 2.58. The maximum absolute atomic E-state index is 3.42. The highest BCUT2D eigenvalue weighted by Crippen LogP contribution is 2.29. The molecule has 1 fully saturated rings. The van der Waals surface area contributed by atoms with Crippen molar-refractivity contribution in [1.82, 2.24) is 14.8 Å². The molecular weight excluding hydrogens is 222 g/mol. The minimum atomic E-state index is 0.230. The Balaban J connectivity index is 2.16. The van der Waals surface area contributed by atoms with Crippen LogP contribution in [0.2, 0.25) is 0 Å². The Bertz CT molecular complexity index is 412. The summed E-state index contributed by atoms with van der Waals surface area (Å²) in [6.45, 7) is 14.9. The van der Waals surface area contributed by atoms with Gasteiger partial charge in [0.1, 0.15) is 0 Å². The van der Waals surface area contributed by atoms with Crippen LogP contribution in [0, 0.1) is 13.8 Å². The van der Waals surface area contributed by atoms with Gasteiger partial charge in [-0.1, -0.05) is 13.8 Å². The largest absolute Gasteiger partial charge is 0.352 e. The fraction of sp³-hybridized carbons (Fsp3) is 0.733. The van der Waals surface area contributed by atoms with Crippen molar-refractivity contribution in [3.63, 3.8) is 0 Å². The minimum absolute atomic E-state index is 0.230. The molecule has 2 heterocycles. The van der Waals surface area contributed by atoms with Gasteiger partial charge in [-0.05, 0) is 25.5 Å². The number of piperazine rings is 1. The van der Waals surface area contributed by atoms with Gasteiger partial charge >= 0.3 is 0 Å². The Hall–Kier alpha value is -0.800. The molecule has 0 unspecified atom stereocenters. The third-order valence-electron chi connectivity index (χ3n) is 4.33. The van der Waals surface area contributed by atoms with Gasteiger partial charge in [-0.2, -0.15) is 0 Å². The van der Waals surface area contributed by atoms with Crippen molar-refractivity contribution >= 4 is 0 Å². The van der Waals surface area contributed by atoms with E-state index >= 15 is 0 Å². The zero-order valence-corrected chi connectivity index (χ0v) is 12.5. The molecule has 0 saturated carbocycles. The highest BCUT2D eigenvalue weighted by Gasteiger charge is 2.28. The summed E-state index contributed by atoms with van der Waals surface area (Å²) in [7, 11) is 2.16. The molecule has 1 aliphatic heterocycles. The van der Waals surface area contributed by atoms with Crippen LogP contribution >= 0.6 is 0 Å². The second kappa shape index (κ2) is 5.06. The highest BCUT2D eigenvalue weighted by atomic mass is 15.2. The molecule has 3 heteroatoms. The number of rotatable bonds is 3. The maximum atomic E-state index is 3.42. The molecule has 2 rings (SSSR count). The van der Waals surface area contributed by atoms with E-state index in [2.05, 4.69) is 55.6 Å². The van der Waals surface area contributed by atoms with Crippen molar-refractivity contribution in [1.29, 1.82) is 0 Å². The van der Waals surface area contributed by atoms with Crippen LogP contribution in [0.5, 0.6) is 0 Å². The molecule has 1 saturated heterocycles. The molecule has 0 spiro atoms. The van der Waals surface area contributed by atoms with E-state index in [0.29, 0.717) is 0 Å². The predicted molar refractivity (Wildman–Crippen MR) is 77.2 cm³/mol. The van der Waals surface area contributed by atoms with Crippen molar-refractivity contribution in [2.75, 3.05) is 32.7 Å². The second-order valence-corrected chi connectivity index (χ2v) is 6.25. The molecule has 1 aliphatic rings. The first-order valence-electron chi connectivity index (χ1n) is 6.98. The molecule has 1 aromatic heterocycles. The lowest BCUT2D eigenvalue weighted by molar-refractivity contribution is 0.199. The van der Waals surface area contributed by atoms with Gasteiger partial charge in [-0.15, -0.1) is 0 Å². The zero-order valence-electron chi connectivity index (χ0n) is 12.5. The summed E-state index contributed by atoms with van der Waals surface area (Å²) in [6.07, 6.45) is 0. The molecule has 3 nitrogen and oxygen atoms in total. The van der Waals surface area contributed by atoms with Crippen molar-refractivity contribution < 1.29 is 0 Å². The Labute approximate surface area is 111 Å². The third kappa shape index (κ3) is 2.62. The number of hydrogen-bond acceptors (Lipinski definition) is 2. The van der Waals surface area contributed by atoms with Crippen LogP contribution in [-0.2, 0) is 12.5 Å². The average molecular weight is 249 g/mol. The standard InChI is InChI=1S/C15H27N3/c1-12-10-14(13(2)17(12)5)15(3,4)11-18-8-6-16-7-9-18/h10,16H,6-9,11H2,1-5H3. The van der Waals surface area contributed by atoms with Crippen LogP contribution in [0.3, 0.4) is 0 Å². The van der Waals surface area contributed by atoms with Crippen LogP contribution in [0.4, 0.5) is 0 Å². The SMILES string of the molecule is Cc1cc(C(C)(C)CN2CCNCC2)c(C)n1C. The van der Waals surface area contributed by atoms with Gasteiger partial charge in [-0.3, -0.25) is 4.90 Å². The fourth-order valence-electron chi connectivity index (χ4n) is 3.05. The normalized spacial score (nSPS) is 18.3.